The third kappa shape index (κ3) is 9.66. The Balaban J connectivity index is 1.77. The summed E-state index contributed by atoms with van der Waals surface area (Å²) in [5, 5.41) is 7.77. The lowest BCUT2D eigenvalue weighted by Crippen LogP contribution is -2.28. The van der Waals surface area contributed by atoms with Gasteiger partial charge in [-0.1, -0.05) is 46.8 Å². The average molecular weight is 674 g/mol. The van der Waals surface area contributed by atoms with Crippen LogP contribution < -0.4 is 20.7 Å². The van der Waals surface area contributed by atoms with Crippen molar-refractivity contribution in [3.05, 3.63) is 124 Å². The molecule has 0 spiro atoms. The lowest BCUT2D eigenvalue weighted by molar-refractivity contribution is -0.134. The molecule has 0 atom stereocenters. The molecule has 12 heteroatoms. The summed E-state index contributed by atoms with van der Waals surface area (Å²) in [6.07, 6.45) is -3.63. The topological polar surface area (TPSA) is 96.5 Å². The molecular formula is C32H28BrF4N3O4. The number of halogens is 5. The molecule has 44 heavy (non-hydrogen) atoms. The van der Waals surface area contributed by atoms with Crippen LogP contribution in [0.2, 0.25) is 0 Å². The van der Waals surface area contributed by atoms with Crippen LogP contribution in [-0.4, -0.2) is 31.0 Å². The molecule has 0 aromatic heterocycles. The highest BCUT2D eigenvalue weighted by Crippen LogP contribution is 2.28. The third-order valence-corrected chi connectivity index (χ3v) is 6.65. The molecule has 230 valence electrons. The van der Waals surface area contributed by atoms with Gasteiger partial charge in [0.05, 0.1) is 24.7 Å². The van der Waals surface area contributed by atoms with Crippen molar-refractivity contribution in [2.24, 2.45) is 0 Å². The normalized spacial score (nSPS) is 11.9. The number of carbonyl (C=O) groups is 3. The molecule has 0 unspecified atom stereocenters. The Morgan fingerprint density at radius 2 is 1.57 bits per heavy atom. The summed E-state index contributed by atoms with van der Waals surface area (Å²) >= 11 is 3.33. The average Bonchev–Trinajstić information content (AvgIpc) is 2.98. The minimum atomic E-state index is -4.82. The molecule has 0 aliphatic rings. The summed E-state index contributed by atoms with van der Waals surface area (Å²) in [7, 11) is 1.41. The Labute approximate surface area is 259 Å². The summed E-state index contributed by atoms with van der Waals surface area (Å²) in [6.45, 7) is 4.72. The van der Waals surface area contributed by atoms with Gasteiger partial charge in [0.15, 0.2) is 0 Å². The Morgan fingerprint density at radius 3 is 2.20 bits per heavy atom. The Hall–Kier alpha value is -4.71. The SMILES string of the molecule is C=C/C=C\C(F)=C(/CC(F)(F)F)C(=O)NCc1ccc(C)c(C(=O)Nc2ccc(OC)c(C(=O)Nc3ccc(Br)cc3)c2)c1. The number of hydrogen-bond acceptors (Lipinski definition) is 4. The number of alkyl halides is 3. The van der Waals surface area contributed by atoms with Gasteiger partial charge in [0.1, 0.15) is 11.6 Å². The highest BCUT2D eigenvalue weighted by Gasteiger charge is 2.33. The number of amides is 3. The van der Waals surface area contributed by atoms with E-state index in [1.807, 2.05) is 0 Å². The zero-order chi connectivity index (χ0) is 32.4. The minimum Gasteiger partial charge on any atom is -0.496 e. The van der Waals surface area contributed by atoms with E-state index in [0.717, 1.165) is 22.7 Å². The van der Waals surface area contributed by atoms with E-state index in [1.165, 1.54) is 25.3 Å². The molecule has 7 nitrogen and oxygen atoms in total. The second-order valence-corrected chi connectivity index (χ2v) is 10.3. The second-order valence-electron chi connectivity index (χ2n) is 9.38. The van der Waals surface area contributed by atoms with Crippen molar-refractivity contribution in [3.63, 3.8) is 0 Å². The van der Waals surface area contributed by atoms with Crippen molar-refractivity contribution < 1.29 is 36.7 Å². The van der Waals surface area contributed by atoms with Gasteiger partial charge in [-0.3, -0.25) is 14.4 Å². The van der Waals surface area contributed by atoms with Gasteiger partial charge in [0, 0.05) is 28.0 Å². The summed E-state index contributed by atoms with van der Waals surface area (Å²) < 4.78 is 59.5. The van der Waals surface area contributed by atoms with Crippen molar-refractivity contribution in [1.29, 1.82) is 0 Å². The first-order valence-electron chi connectivity index (χ1n) is 13.0. The van der Waals surface area contributed by atoms with Crippen LogP contribution >= 0.6 is 15.9 Å². The summed E-state index contributed by atoms with van der Waals surface area (Å²) in [5.74, 6) is -3.31. The molecule has 0 heterocycles. The second kappa shape index (κ2) is 15.1. The fraction of sp³-hybridized carbons (Fsp3) is 0.156. The summed E-state index contributed by atoms with van der Waals surface area (Å²) in [5.41, 5.74) is 1.08. The maximum atomic E-state index is 14.3. The first-order valence-corrected chi connectivity index (χ1v) is 13.8. The number of allylic oxidation sites excluding steroid dienone is 4. The van der Waals surface area contributed by atoms with E-state index in [2.05, 4.69) is 38.5 Å². The van der Waals surface area contributed by atoms with E-state index in [0.29, 0.717) is 22.5 Å². The molecule has 0 radical (unpaired) electrons. The van der Waals surface area contributed by atoms with Crippen molar-refractivity contribution in [1.82, 2.24) is 5.32 Å². The number of anilines is 2. The quantitative estimate of drug-likeness (QED) is 0.110. The number of hydrogen-bond donors (Lipinski definition) is 3. The van der Waals surface area contributed by atoms with Crippen LogP contribution in [0.3, 0.4) is 0 Å². The van der Waals surface area contributed by atoms with Gasteiger partial charge < -0.3 is 20.7 Å². The highest BCUT2D eigenvalue weighted by molar-refractivity contribution is 9.10. The fourth-order valence-corrected chi connectivity index (χ4v) is 4.20. The van der Waals surface area contributed by atoms with E-state index >= 15 is 0 Å². The maximum Gasteiger partial charge on any atom is 0.393 e. The maximum absolute atomic E-state index is 14.3. The third-order valence-electron chi connectivity index (χ3n) is 6.12. The summed E-state index contributed by atoms with van der Waals surface area (Å²) in [6, 6.07) is 16.1. The van der Waals surface area contributed by atoms with E-state index in [9.17, 15) is 31.9 Å². The molecule has 0 saturated carbocycles. The van der Waals surface area contributed by atoms with Crippen molar-refractivity contribution in [3.8, 4) is 5.75 Å². The van der Waals surface area contributed by atoms with Crippen molar-refractivity contribution in [2.75, 3.05) is 17.7 Å². The van der Waals surface area contributed by atoms with Gasteiger partial charge in [-0.25, -0.2) is 4.39 Å². The van der Waals surface area contributed by atoms with E-state index in [4.69, 9.17) is 4.74 Å². The van der Waals surface area contributed by atoms with Gasteiger partial charge in [0.25, 0.3) is 17.7 Å². The van der Waals surface area contributed by atoms with Crippen LogP contribution in [0, 0.1) is 6.92 Å². The Kier molecular flexibility index (Phi) is 11.6. The number of benzene rings is 3. The summed E-state index contributed by atoms with van der Waals surface area (Å²) in [4.78, 5) is 38.7. The van der Waals surface area contributed by atoms with Crippen LogP contribution in [0.5, 0.6) is 5.75 Å². The zero-order valence-electron chi connectivity index (χ0n) is 23.6. The number of carbonyl (C=O) groups excluding carboxylic acids is 3. The molecule has 3 N–H and O–H groups in total. The molecule has 0 fully saturated rings. The Morgan fingerprint density at radius 1 is 0.932 bits per heavy atom. The van der Waals surface area contributed by atoms with Crippen LogP contribution in [0.25, 0.3) is 0 Å². The van der Waals surface area contributed by atoms with Gasteiger partial charge in [-0.2, -0.15) is 13.2 Å². The van der Waals surface area contributed by atoms with E-state index in [-0.39, 0.29) is 23.4 Å². The minimum absolute atomic E-state index is 0.166. The number of rotatable bonds is 11. The zero-order valence-corrected chi connectivity index (χ0v) is 25.2. The molecule has 0 aliphatic carbocycles. The van der Waals surface area contributed by atoms with Gasteiger partial charge >= 0.3 is 6.18 Å². The van der Waals surface area contributed by atoms with Gasteiger partial charge in [-0.05, 0) is 72.7 Å². The standard InChI is InChI=1S/C32H28BrF4N3O4/c1-4-5-6-27(34)26(17-32(35,36)37)29(41)38-18-20-8-7-19(2)24(15-20)30(42)40-23-13-14-28(44-3)25(16-23)31(43)39-22-11-9-21(33)10-12-22/h4-16H,1,17-18H2,2-3H3,(H,38,41)(H,39,43)(H,40,42)/b6-5-,27-26-. The molecule has 3 amide bonds. The number of aryl methyl sites for hydroxylation is 1. The van der Waals surface area contributed by atoms with Crippen LogP contribution in [0.1, 0.15) is 38.3 Å². The van der Waals surface area contributed by atoms with Crippen LogP contribution in [0.4, 0.5) is 28.9 Å². The van der Waals surface area contributed by atoms with Crippen molar-refractivity contribution in [2.45, 2.75) is 26.1 Å². The van der Waals surface area contributed by atoms with Crippen LogP contribution in [-0.2, 0) is 11.3 Å². The van der Waals surface area contributed by atoms with Crippen molar-refractivity contribution >= 4 is 45.0 Å². The Bertz CT molecular complexity index is 1620. The van der Waals surface area contributed by atoms with Crippen LogP contribution in [0.15, 0.2) is 101 Å². The smallest absolute Gasteiger partial charge is 0.393 e. The molecule has 0 bridgehead atoms. The molecule has 3 aromatic rings. The van der Waals surface area contributed by atoms with E-state index in [1.54, 1.807) is 49.4 Å². The molecular weight excluding hydrogens is 646 g/mol. The molecule has 3 aromatic carbocycles. The number of nitrogens with one attached hydrogen (secondary N) is 3. The molecule has 0 saturated heterocycles. The molecule has 0 aliphatic heterocycles. The predicted molar refractivity (Wildman–Crippen MR) is 164 cm³/mol. The number of ether oxygens (including phenoxy) is 1. The first kappa shape index (κ1) is 33.8. The van der Waals surface area contributed by atoms with Gasteiger partial charge in [0.2, 0.25) is 0 Å². The molecule has 3 rings (SSSR count). The lowest BCUT2D eigenvalue weighted by Gasteiger charge is -2.14. The largest absolute Gasteiger partial charge is 0.496 e. The highest BCUT2D eigenvalue weighted by atomic mass is 79.9. The monoisotopic (exact) mass is 673 g/mol. The van der Waals surface area contributed by atoms with Gasteiger partial charge in [-0.15, -0.1) is 0 Å². The first-order chi connectivity index (χ1) is 20.8. The lowest BCUT2D eigenvalue weighted by atomic mass is 10.0. The predicted octanol–water partition coefficient (Wildman–Crippen LogP) is 7.81. The van der Waals surface area contributed by atoms with E-state index < -0.39 is 41.7 Å². The number of methoxy groups -OCH3 is 1. The fourth-order valence-electron chi connectivity index (χ4n) is 3.93.